The number of hydrogen-bond acceptors (Lipinski definition) is 2. The Hall–Kier alpha value is -1.28. The van der Waals surface area contributed by atoms with E-state index in [9.17, 15) is 0 Å². The van der Waals surface area contributed by atoms with Crippen molar-refractivity contribution < 1.29 is 0 Å². The smallest absolute Gasteiger partial charge is 0.0741 e. The third kappa shape index (κ3) is 2.17. The van der Waals surface area contributed by atoms with Gasteiger partial charge in [-0.2, -0.15) is 0 Å². The lowest BCUT2D eigenvalue weighted by Crippen LogP contribution is -2.05. The van der Waals surface area contributed by atoms with E-state index in [0.717, 1.165) is 34.8 Å². The van der Waals surface area contributed by atoms with Crippen LogP contribution < -0.4 is 5.32 Å². The van der Waals surface area contributed by atoms with Gasteiger partial charge >= 0.3 is 0 Å². The molecule has 1 aromatic heterocycles. The van der Waals surface area contributed by atoms with Gasteiger partial charge in [-0.1, -0.05) is 18.5 Å². The second-order valence-corrected chi connectivity index (χ2v) is 4.96. The average Bonchev–Trinajstić information content (AvgIpc) is 2.32. The minimum absolute atomic E-state index is 0.779. The number of anilines is 1. The van der Waals surface area contributed by atoms with Gasteiger partial charge in [-0.25, -0.2) is 0 Å². The fourth-order valence-corrected chi connectivity index (χ4v) is 2.52. The molecule has 0 unspecified atom stereocenters. The summed E-state index contributed by atoms with van der Waals surface area (Å²) < 4.78 is 0. The quantitative estimate of drug-likeness (QED) is 0.881. The van der Waals surface area contributed by atoms with Gasteiger partial charge in [0.15, 0.2) is 0 Å². The van der Waals surface area contributed by atoms with E-state index >= 15 is 0 Å². The second-order valence-electron chi connectivity index (χ2n) is 4.55. The molecule has 0 spiro atoms. The van der Waals surface area contributed by atoms with Crippen LogP contribution in [0.4, 0.5) is 5.69 Å². The summed E-state index contributed by atoms with van der Waals surface area (Å²) >= 11 is 6.18. The summed E-state index contributed by atoms with van der Waals surface area (Å²) in [5.74, 6) is 0. The third-order valence-electron chi connectivity index (χ3n) is 3.28. The minimum Gasteiger partial charge on any atom is -0.384 e. The molecular formula is C15H19ClN2. The Labute approximate surface area is 113 Å². The van der Waals surface area contributed by atoms with E-state index in [4.69, 9.17) is 11.6 Å². The van der Waals surface area contributed by atoms with E-state index in [2.05, 4.69) is 37.1 Å². The third-order valence-corrected chi connectivity index (χ3v) is 3.69. The van der Waals surface area contributed by atoms with Crippen molar-refractivity contribution in [2.24, 2.45) is 0 Å². The average molecular weight is 263 g/mol. The Kier molecular flexibility index (Phi) is 3.76. The molecule has 0 aliphatic rings. The van der Waals surface area contributed by atoms with Crippen LogP contribution in [0.2, 0.25) is 5.02 Å². The van der Waals surface area contributed by atoms with Gasteiger partial charge in [-0.3, -0.25) is 4.98 Å². The Bertz CT molecular complexity index is 591. The molecule has 3 heteroatoms. The van der Waals surface area contributed by atoms with Crippen molar-refractivity contribution in [3.8, 4) is 0 Å². The SMILES string of the molecule is CCNc1c(CC)c(C)nc2cc(Cl)c(C)cc12. The first kappa shape index (κ1) is 13.2. The lowest BCUT2D eigenvalue weighted by atomic mass is 10.0. The van der Waals surface area contributed by atoms with Gasteiger partial charge in [0.1, 0.15) is 0 Å². The van der Waals surface area contributed by atoms with Crippen LogP contribution in [0.15, 0.2) is 12.1 Å². The van der Waals surface area contributed by atoms with Crippen LogP contribution >= 0.6 is 11.6 Å². The van der Waals surface area contributed by atoms with Crippen molar-refractivity contribution in [3.63, 3.8) is 0 Å². The molecule has 0 bridgehead atoms. The minimum atomic E-state index is 0.779. The molecule has 2 rings (SSSR count). The van der Waals surface area contributed by atoms with Crippen LogP contribution in [-0.2, 0) is 6.42 Å². The summed E-state index contributed by atoms with van der Waals surface area (Å²) in [6.07, 6.45) is 0.985. The Balaban J connectivity index is 2.83. The fourth-order valence-electron chi connectivity index (χ4n) is 2.37. The summed E-state index contributed by atoms with van der Waals surface area (Å²) in [7, 11) is 0. The largest absolute Gasteiger partial charge is 0.384 e. The maximum absolute atomic E-state index is 6.18. The number of nitrogens with one attached hydrogen (secondary N) is 1. The number of aryl methyl sites for hydroxylation is 2. The molecule has 1 aromatic carbocycles. The van der Waals surface area contributed by atoms with Crippen molar-refractivity contribution >= 4 is 28.2 Å². The number of pyridine rings is 1. The molecule has 1 heterocycles. The molecule has 0 fully saturated rings. The maximum atomic E-state index is 6.18. The number of hydrogen-bond donors (Lipinski definition) is 1. The zero-order chi connectivity index (χ0) is 13.3. The van der Waals surface area contributed by atoms with Crippen LogP contribution in [-0.4, -0.2) is 11.5 Å². The van der Waals surface area contributed by atoms with Crippen molar-refractivity contribution in [3.05, 3.63) is 34.0 Å². The highest BCUT2D eigenvalue weighted by Crippen LogP contribution is 2.32. The summed E-state index contributed by atoms with van der Waals surface area (Å²) in [4.78, 5) is 4.67. The Morgan fingerprint density at radius 1 is 1.22 bits per heavy atom. The van der Waals surface area contributed by atoms with Crippen LogP contribution in [0.3, 0.4) is 0 Å². The van der Waals surface area contributed by atoms with Gasteiger partial charge in [-0.15, -0.1) is 0 Å². The monoisotopic (exact) mass is 262 g/mol. The van der Waals surface area contributed by atoms with Gasteiger partial charge in [0.05, 0.1) is 5.52 Å². The number of rotatable bonds is 3. The van der Waals surface area contributed by atoms with Crippen molar-refractivity contribution in [2.45, 2.75) is 34.1 Å². The molecule has 0 saturated carbocycles. The van der Waals surface area contributed by atoms with Crippen LogP contribution in [0.25, 0.3) is 10.9 Å². The van der Waals surface area contributed by atoms with Crippen LogP contribution in [0.5, 0.6) is 0 Å². The summed E-state index contributed by atoms with van der Waals surface area (Å²) in [5, 5.41) is 5.42. The highest BCUT2D eigenvalue weighted by molar-refractivity contribution is 6.32. The number of aromatic nitrogens is 1. The van der Waals surface area contributed by atoms with E-state index in [1.54, 1.807) is 0 Å². The first-order valence-electron chi connectivity index (χ1n) is 6.41. The van der Waals surface area contributed by atoms with Crippen LogP contribution in [0, 0.1) is 13.8 Å². The molecule has 0 aliphatic carbocycles. The van der Waals surface area contributed by atoms with Gasteiger partial charge in [0.2, 0.25) is 0 Å². The predicted molar refractivity (Wildman–Crippen MR) is 79.8 cm³/mol. The number of fused-ring (bicyclic) bond motifs is 1. The van der Waals surface area contributed by atoms with E-state index in [0.29, 0.717) is 0 Å². The van der Waals surface area contributed by atoms with E-state index in [1.165, 1.54) is 16.6 Å². The molecule has 0 atom stereocenters. The molecule has 2 aromatic rings. The van der Waals surface area contributed by atoms with Crippen molar-refractivity contribution in [1.82, 2.24) is 4.98 Å². The van der Waals surface area contributed by atoms with Gasteiger partial charge in [-0.05, 0) is 50.5 Å². The highest BCUT2D eigenvalue weighted by atomic mass is 35.5. The molecule has 2 nitrogen and oxygen atoms in total. The molecule has 0 radical (unpaired) electrons. The molecule has 96 valence electrons. The van der Waals surface area contributed by atoms with Gasteiger partial charge in [0, 0.05) is 28.3 Å². The standard InChI is InChI=1S/C15H19ClN2/c1-5-11-10(4)18-14-8-13(16)9(3)7-12(14)15(11)17-6-2/h7-8H,5-6H2,1-4H3,(H,17,18). The molecule has 0 amide bonds. The van der Waals surface area contributed by atoms with E-state index in [-0.39, 0.29) is 0 Å². The Morgan fingerprint density at radius 3 is 2.56 bits per heavy atom. The molecule has 18 heavy (non-hydrogen) atoms. The van der Waals surface area contributed by atoms with E-state index < -0.39 is 0 Å². The van der Waals surface area contributed by atoms with E-state index in [1.807, 2.05) is 13.0 Å². The summed E-state index contributed by atoms with van der Waals surface area (Å²) in [5.41, 5.74) is 5.65. The molecular weight excluding hydrogens is 244 g/mol. The zero-order valence-electron chi connectivity index (χ0n) is 11.4. The highest BCUT2D eigenvalue weighted by Gasteiger charge is 2.12. The van der Waals surface area contributed by atoms with Gasteiger partial charge < -0.3 is 5.32 Å². The summed E-state index contributed by atoms with van der Waals surface area (Å²) in [6.45, 7) is 9.28. The summed E-state index contributed by atoms with van der Waals surface area (Å²) in [6, 6.07) is 4.08. The number of nitrogens with zero attached hydrogens (tertiary/aromatic N) is 1. The fraction of sp³-hybridized carbons (Fsp3) is 0.400. The Morgan fingerprint density at radius 2 is 1.94 bits per heavy atom. The lowest BCUT2D eigenvalue weighted by molar-refractivity contribution is 1.06. The normalized spacial score (nSPS) is 10.9. The molecule has 1 N–H and O–H groups in total. The molecule has 0 aliphatic heterocycles. The first-order chi connectivity index (χ1) is 8.58. The lowest BCUT2D eigenvalue weighted by Gasteiger charge is -2.16. The first-order valence-corrected chi connectivity index (χ1v) is 6.79. The number of benzene rings is 1. The number of halogens is 1. The van der Waals surface area contributed by atoms with Crippen LogP contribution in [0.1, 0.15) is 30.7 Å². The zero-order valence-corrected chi connectivity index (χ0v) is 12.2. The van der Waals surface area contributed by atoms with Crippen molar-refractivity contribution in [1.29, 1.82) is 0 Å². The van der Waals surface area contributed by atoms with Gasteiger partial charge in [0.25, 0.3) is 0 Å². The second kappa shape index (κ2) is 5.15. The molecule has 0 saturated heterocycles. The maximum Gasteiger partial charge on any atom is 0.0741 e. The predicted octanol–water partition coefficient (Wildman–Crippen LogP) is 4.50. The van der Waals surface area contributed by atoms with Crippen molar-refractivity contribution in [2.75, 3.05) is 11.9 Å². The topological polar surface area (TPSA) is 24.9 Å².